The molecule has 0 aliphatic heterocycles. The summed E-state index contributed by atoms with van der Waals surface area (Å²) in [7, 11) is 0. The van der Waals surface area contributed by atoms with Gasteiger partial charge in [0.25, 0.3) is 0 Å². The first-order chi connectivity index (χ1) is 7.33. The average Bonchev–Trinajstić information content (AvgIpc) is 2.17. The lowest BCUT2D eigenvalue weighted by Crippen LogP contribution is -2.26. The Morgan fingerprint density at radius 3 is 2.19 bits per heavy atom. The Hall–Kier alpha value is -0.910. The number of rotatable bonds is 4. The summed E-state index contributed by atoms with van der Waals surface area (Å²) in [6.07, 6.45) is 0.0168. The highest BCUT2D eigenvalue weighted by Gasteiger charge is 2.27. The second kappa shape index (κ2) is 4.95. The van der Waals surface area contributed by atoms with E-state index in [-0.39, 0.29) is 6.42 Å². The summed E-state index contributed by atoms with van der Waals surface area (Å²) in [5.41, 5.74) is 0.530. The molecule has 0 unspecified atom stereocenters. The van der Waals surface area contributed by atoms with Crippen LogP contribution in [-0.4, -0.2) is 16.9 Å². The van der Waals surface area contributed by atoms with Crippen molar-refractivity contribution in [2.45, 2.75) is 25.7 Å². The molecule has 0 saturated carbocycles. The van der Waals surface area contributed by atoms with E-state index in [2.05, 4.69) is 22.6 Å². The maximum Gasteiger partial charge on any atom is 0.372 e. The molecule has 1 N–H and O–H groups in total. The summed E-state index contributed by atoms with van der Waals surface area (Å²) in [6.45, 7) is 3.74. The fourth-order valence-electron chi connectivity index (χ4n) is 1.48. The van der Waals surface area contributed by atoms with E-state index in [0.29, 0.717) is 0 Å². The molecule has 0 heterocycles. The van der Waals surface area contributed by atoms with Crippen molar-refractivity contribution in [2.75, 3.05) is 0 Å². The number of ketones is 1. The lowest BCUT2D eigenvalue weighted by Gasteiger charge is -2.23. The number of aliphatic carboxylic acids is 1. The van der Waals surface area contributed by atoms with E-state index in [4.69, 9.17) is 5.11 Å². The number of hydrogen-bond donors (Lipinski definition) is 1. The number of benzene rings is 1. The SMILES string of the molecule is CC(C)(CC(=O)C(=O)O)c1ccc(I)cc1. The quantitative estimate of drug-likeness (QED) is 0.681. The molecule has 0 atom stereocenters. The first-order valence-electron chi connectivity index (χ1n) is 4.85. The molecule has 0 radical (unpaired) electrons. The van der Waals surface area contributed by atoms with Crippen LogP contribution in [0.15, 0.2) is 24.3 Å². The van der Waals surface area contributed by atoms with Crippen LogP contribution in [0.2, 0.25) is 0 Å². The van der Waals surface area contributed by atoms with Gasteiger partial charge >= 0.3 is 5.97 Å². The maximum absolute atomic E-state index is 11.2. The van der Waals surface area contributed by atoms with Gasteiger partial charge in [0.05, 0.1) is 0 Å². The smallest absolute Gasteiger partial charge is 0.372 e. The zero-order valence-electron chi connectivity index (χ0n) is 9.16. The van der Waals surface area contributed by atoms with Gasteiger partial charge in [-0.2, -0.15) is 0 Å². The summed E-state index contributed by atoms with van der Waals surface area (Å²) in [4.78, 5) is 21.7. The molecule has 0 amide bonds. The van der Waals surface area contributed by atoms with Crippen molar-refractivity contribution in [3.05, 3.63) is 33.4 Å². The number of carbonyl (C=O) groups excluding carboxylic acids is 1. The van der Waals surface area contributed by atoms with Gasteiger partial charge in [-0.1, -0.05) is 26.0 Å². The van der Waals surface area contributed by atoms with Crippen molar-refractivity contribution in [2.24, 2.45) is 0 Å². The normalized spacial score (nSPS) is 11.2. The number of hydrogen-bond acceptors (Lipinski definition) is 2. The van der Waals surface area contributed by atoms with Crippen molar-refractivity contribution in [1.82, 2.24) is 0 Å². The summed E-state index contributed by atoms with van der Waals surface area (Å²) >= 11 is 2.20. The number of halogens is 1. The van der Waals surface area contributed by atoms with Gasteiger partial charge in [0.2, 0.25) is 5.78 Å². The van der Waals surface area contributed by atoms with Gasteiger partial charge in [-0.3, -0.25) is 4.79 Å². The van der Waals surface area contributed by atoms with Crippen LogP contribution in [0.1, 0.15) is 25.8 Å². The largest absolute Gasteiger partial charge is 0.476 e. The molecule has 0 spiro atoms. The van der Waals surface area contributed by atoms with E-state index < -0.39 is 17.2 Å². The molecule has 4 heteroatoms. The second-order valence-corrected chi connectivity index (χ2v) is 5.54. The van der Waals surface area contributed by atoms with Gasteiger partial charge in [0.1, 0.15) is 0 Å². The highest BCUT2D eigenvalue weighted by Crippen LogP contribution is 2.27. The van der Waals surface area contributed by atoms with Crippen LogP contribution in [0.3, 0.4) is 0 Å². The van der Waals surface area contributed by atoms with Crippen LogP contribution >= 0.6 is 22.6 Å². The fraction of sp³-hybridized carbons (Fsp3) is 0.333. The van der Waals surface area contributed by atoms with Crippen LogP contribution in [-0.2, 0) is 15.0 Å². The minimum absolute atomic E-state index is 0.0168. The number of carboxylic acids is 1. The summed E-state index contributed by atoms with van der Waals surface area (Å²) in [5.74, 6) is -2.11. The van der Waals surface area contributed by atoms with Crippen LogP contribution in [0.25, 0.3) is 0 Å². The van der Waals surface area contributed by atoms with Crippen molar-refractivity contribution in [3.8, 4) is 0 Å². The Kier molecular flexibility index (Phi) is 4.07. The molecule has 0 fully saturated rings. The third-order valence-corrected chi connectivity index (χ3v) is 3.19. The molecular formula is C12H13IO3. The lowest BCUT2D eigenvalue weighted by atomic mass is 9.80. The third kappa shape index (κ3) is 3.30. The molecule has 0 aliphatic rings. The van der Waals surface area contributed by atoms with Gasteiger partial charge in [-0.25, -0.2) is 4.79 Å². The zero-order valence-corrected chi connectivity index (χ0v) is 11.3. The van der Waals surface area contributed by atoms with Crippen LogP contribution in [0.4, 0.5) is 0 Å². The monoisotopic (exact) mass is 332 g/mol. The van der Waals surface area contributed by atoms with Gasteiger partial charge in [0.15, 0.2) is 0 Å². The number of carbonyl (C=O) groups is 2. The maximum atomic E-state index is 11.2. The van der Waals surface area contributed by atoms with Gasteiger partial charge in [-0.15, -0.1) is 0 Å². The predicted molar refractivity (Wildman–Crippen MR) is 69.4 cm³/mol. The molecule has 1 rings (SSSR count). The van der Waals surface area contributed by atoms with Crippen LogP contribution in [0.5, 0.6) is 0 Å². The topological polar surface area (TPSA) is 54.4 Å². The van der Waals surface area contributed by atoms with E-state index in [9.17, 15) is 9.59 Å². The van der Waals surface area contributed by atoms with E-state index in [1.165, 1.54) is 0 Å². The lowest BCUT2D eigenvalue weighted by molar-refractivity contribution is -0.149. The summed E-state index contributed by atoms with van der Waals surface area (Å²) in [5, 5.41) is 8.59. The molecule has 3 nitrogen and oxygen atoms in total. The van der Waals surface area contributed by atoms with E-state index in [0.717, 1.165) is 9.13 Å². The molecule has 16 heavy (non-hydrogen) atoms. The van der Waals surface area contributed by atoms with Crippen molar-refractivity contribution in [1.29, 1.82) is 0 Å². The van der Waals surface area contributed by atoms with E-state index in [1.807, 2.05) is 38.1 Å². The molecule has 0 aliphatic carbocycles. The Morgan fingerprint density at radius 1 is 1.25 bits per heavy atom. The molecule has 0 aromatic heterocycles. The molecular weight excluding hydrogens is 319 g/mol. The van der Waals surface area contributed by atoms with E-state index in [1.54, 1.807) is 0 Å². The van der Waals surface area contributed by atoms with Crippen LogP contribution < -0.4 is 0 Å². The minimum atomic E-state index is -1.36. The van der Waals surface area contributed by atoms with Crippen molar-refractivity contribution in [3.63, 3.8) is 0 Å². The Bertz CT molecular complexity index is 407. The number of carboxylic acid groups (broad SMARTS) is 1. The molecule has 0 saturated heterocycles. The highest BCUT2D eigenvalue weighted by molar-refractivity contribution is 14.1. The first-order valence-corrected chi connectivity index (χ1v) is 5.93. The van der Waals surface area contributed by atoms with E-state index >= 15 is 0 Å². The summed E-state index contributed by atoms with van der Waals surface area (Å²) in [6, 6.07) is 7.75. The van der Waals surface area contributed by atoms with Crippen molar-refractivity contribution >= 4 is 34.3 Å². The zero-order chi connectivity index (χ0) is 12.3. The predicted octanol–water partition coefficient (Wildman–Crippen LogP) is 2.61. The molecule has 86 valence electrons. The Morgan fingerprint density at radius 2 is 1.75 bits per heavy atom. The Balaban J connectivity index is 2.89. The van der Waals surface area contributed by atoms with Crippen molar-refractivity contribution < 1.29 is 14.7 Å². The van der Waals surface area contributed by atoms with Gasteiger partial charge in [-0.05, 0) is 45.7 Å². The standard InChI is InChI=1S/C12H13IO3/c1-12(2,7-10(14)11(15)16)8-3-5-9(13)6-4-8/h3-6H,7H2,1-2H3,(H,15,16). The minimum Gasteiger partial charge on any atom is -0.476 e. The summed E-state index contributed by atoms with van der Waals surface area (Å²) < 4.78 is 1.11. The van der Waals surface area contributed by atoms with Crippen LogP contribution in [0, 0.1) is 3.57 Å². The second-order valence-electron chi connectivity index (χ2n) is 4.30. The molecule has 1 aromatic rings. The number of Topliss-reactive ketones (excluding diaryl/α,β-unsaturated/α-hetero) is 1. The Labute approximate surface area is 108 Å². The van der Waals surface area contributed by atoms with Gasteiger partial charge < -0.3 is 5.11 Å². The average molecular weight is 332 g/mol. The molecule has 1 aromatic carbocycles. The highest BCUT2D eigenvalue weighted by atomic mass is 127. The fourth-order valence-corrected chi connectivity index (χ4v) is 1.84. The van der Waals surface area contributed by atoms with Gasteiger partial charge in [0, 0.05) is 9.99 Å². The molecule has 0 bridgehead atoms. The third-order valence-electron chi connectivity index (χ3n) is 2.47. The first kappa shape index (κ1) is 13.2.